The molecule has 0 saturated carbocycles. The lowest BCUT2D eigenvalue weighted by molar-refractivity contribution is -0.919. The number of nitro benzene ring substituents is 1. The maximum atomic E-state index is 10.8. The van der Waals surface area contributed by atoms with E-state index in [4.69, 9.17) is 24.5 Å². The van der Waals surface area contributed by atoms with Crippen LogP contribution in [0, 0.1) is 10.1 Å². The zero-order chi connectivity index (χ0) is 26.1. The number of anilines is 1. The van der Waals surface area contributed by atoms with Gasteiger partial charge in [-0.05, 0) is 24.3 Å². The number of hydrogen-bond donors (Lipinski definition) is 2. The first kappa shape index (κ1) is 26.9. The Morgan fingerprint density at radius 2 is 1.64 bits per heavy atom. The first-order chi connectivity index (χ1) is 17.3. The number of likely N-dealkylation sites (tertiary alicyclic amines) is 1. The summed E-state index contributed by atoms with van der Waals surface area (Å²) in [6.07, 6.45) is 2.44. The predicted molar refractivity (Wildman–Crippen MR) is 130 cm³/mol. The fraction of sp³-hybridized carbons (Fsp3) is 0.440. The highest BCUT2D eigenvalue weighted by Crippen LogP contribution is 2.29. The molecular weight excluding hydrogens is 468 g/mol. The van der Waals surface area contributed by atoms with E-state index in [9.17, 15) is 10.1 Å². The summed E-state index contributed by atoms with van der Waals surface area (Å²) in [7, 11) is 1.74. The van der Waals surface area contributed by atoms with E-state index in [1.807, 2.05) is 24.3 Å². The molecule has 0 aromatic heterocycles. The van der Waals surface area contributed by atoms with Crippen LogP contribution in [0.3, 0.4) is 0 Å². The van der Waals surface area contributed by atoms with Gasteiger partial charge in [-0.1, -0.05) is 12.1 Å². The molecule has 2 aromatic rings. The van der Waals surface area contributed by atoms with Crippen molar-refractivity contribution in [3.8, 4) is 5.75 Å². The minimum atomic E-state index is -2.07. The molecule has 2 fully saturated rings. The molecule has 2 N–H and O–H groups in total. The van der Waals surface area contributed by atoms with Gasteiger partial charge in [0.2, 0.25) is 0 Å². The molecule has 0 aliphatic carbocycles. The van der Waals surface area contributed by atoms with E-state index >= 15 is 0 Å². The molecule has 0 bridgehead atoms. The molecule has 36 heavy (non-hydrogen) atoms. The predicted octanol–water partition coefficient (Wildman–Crippen LogP) is -0.206. The molecule has 11 nitrogen and oxygen atoms in total. The summed E-state index contributed by atoms with van der Waals surface area (Å²) in [6.45, 7) is 7.54. The fourth-order valence-corrected chi connectivity index (χ4v) is 4.80. The number of carboxylic acid groups (broad SMARTS) is 2. The molecule has 0 amide bonds. The second-order valence-electron chi connectivity index (χ2n) is 8.87. The lowest BCUT2D eigenvalue weighted by atomic mass is 10.0. The van der Waals surface area contributed by atoms with Gasteiger partial charge in [-0.2, -0.15) is 0 Å². The first-order valence-corrected chi connectivity index (χ1v) is 11.9. The minimum absolute atomic E-state index is 0.166. The molecule has 2 aliphatic rings. The Morgan fingerprint density at radius 3 is 2.17 bits per heavy atom. The number of methoxy groups -OCH3 is 1. The van der Waals surface area contributed by atoms with Gasteiger partial charge in [-0.15, -0.1) is 0 Å². The van der Waals surface area contributed by atoms with Gasteiger partial charge >= 0.3 is 5.97 Å². The Bertz CT molecular complexity index is 1020. The molecule has 2 aliphatic heterocycles. The summed E-state index contributed by atoms with van der Waals surface area (Å²) in [5, 5.41) is 27.1. The summed E-state index contributed by atoms with van der Waals surface area (Å²) >= 11 is 0. The van der Waals surface area contributed by atoms with E-state index in [0.29, 0.717) is 6.04 Å². The molecule has 2 heterocycles. The van der Waals surface area contributed by atoms with E-state index in [2.05, 4.69) is 21.9 Å². The fourth-order valence-electron chi connectivity index (χ4n) is 4.80. The third-order valence-electron chi connectivity index (χ3n) is 6.69. The number of non-ortho nitro benzene ring substituents is 1. The second kappa shape index (κ2) is 12.8. The van der Waals surface area contributed by atoms with Crippen LogP contribution in [0.15, 0.2) is 48.5 Å². The van der Waals surface area contributed by atoms with Gasteiger partial charge in [-0.3, -0.25) is 15.0 Å². The van der Waals surface area contributed by atoms with Crippen molar-refractivity contribution in [2.45, 2.75) is 25.4 Å². The summed E-state index contributed by atoms with van der Waals surface area (Å²) < 4.78 is 5.53. The monoisotopic (exact) mass is 500 g/mol. The SMILES string of the molecule is COc1ccccc1N1CCN(C2CC[NH+](Cc3ccc([N+](=O)[O-])cc3)CC2)CC1.O=C([O-])C(=O)O. The van der Waals surface area contributed by atoms with Gasteiger partial charge in [0.05, 0.1) is 30.8 Å². The minimum Gasteiger partial charge on any atom is -0.539 e. The van der Waals surface area contributed by atoms with E-state index in [0.717, 1.165) is 51.6 Å². The number of quaternary nitrogens is 1. The number of carbonyl (C=O) groups excluding carboxylic acids is 1. The Hall–Kier alpha value is -3.70. The van der Waals surface area contributed by atoms with Gasteiger partial charge in [0.25, 0.3) is 5.69 Å². The van der Waals surface area contributed by atoms with Crippen molar-refractivity contribution in [2.24, 2.45) is 0 Å². The van der Waals surface area contributed by atoms with Crippen molar-refractivity contribution in [1.29, 1.82) is 0 Å². The molecule has 0 spiro atoms. The molecule has 4 rings (SSSR count). The molecule has 0 atom stereocenters. The summed E-state index contributed by atoms with van der Waals surface area (Å²) in [5.41, 5.74) is 2.54. The number of ether oxygens (including phenoxy) is 1. The Labute approximate surface area is 209 Å². The highest BCUT2D eigenvalue weighted by atomic mass is 16.6. The Balaban J connectivity index is 0.000000538. The lowest BCUT2D eigenvalue weighted by Crippen LogP contribution is -3.12. The number of para-hydroxylation sites is 2. The van der Waals surface area contributed by atoms with Crippen LogP contribution < -0.4 is 19.6 Å². The van der Waals surface area contributed by atoms with Gasteiger partial charge in [0, 0.05) is 62.8 Å². The van der Waals surface area contributed by atoms with Crippen molar-refractivity contribution in [3.63, 3.8) is 0 Å². The largest absolute Gasteiger partial charge is 0.539 e. The van der Waals surface area contributed by atoms with E-state index < -0.39 is 11.9 Å². The smallest absolute Gasteiger partial charge is 0.351 e. The Kier molecular flexibility index (Phi) is 9.60. The standard InChI is InChI=1S/C23H30N4O3.C2H2O4/c1-30-23-5-3-2-4-22(23)26-16-14-25(15-17-26)20-10-12-24(13-11-20)18-19-6-8-21(9-7-19)27(28)29;3-1(4)2(5)6/h2-9,20H,10-18H2,1H3;(H,3,4)(H,5,6). The number of carbonyl (C=O) groups is 2. The van der Waals surface area contributed by atoms with Gasteiger partial charge in [0.1, 0.15) is 12.3 Å². The zero-order valence-corrected chi connectivity index (χ0v) is 20.3. The van der Waals surface area contributed by atoms with Crippen LogP contribution in [0.25, 0.3) is 0 Å². The average Bonchev–Trinajstić information content (AvgIpc) is 2.90. The van der Waals surface area contributed by atoms with Crippen molar-refractivity contribution >= 4 is 23.3 Å². The van der Waals surface area contributed by atoms with Crippen molar-refractivity contribution < 1.29 is 34.4 Å². The highest BCUT2D eigenvalue weighted by Gasteiger charge is 2.29. The van der Waals surface area contributed by atoms with Crippen LogP contribution in [0.1, 0.15) is 18.4 Å². The normalized spacial score (nSPS) is 20.1. The second-order valence-corrected chi connectivity index (χ2v) is 8.87. The van der Waals surface area contributed by atoms with Crippen LogP contribution in [0.4, 0.5) is 11.4 Å². The average molecular weight is 501 g/mol. The third kappa shape index (κ3) is 7.40. The number of nitrogens with zero attached hydrogens (tertiary/aromatic N) is 3. The van der Waals surface area contributed by atoms with E-state index in [1.165, 1.54) is 24.1 Å². The first-order valence-electron chi connectivity index (χ1n) is 11.9. The highest BCUT2D eigenvalue weighted by molar-refractivity contribution is 6.26. The number of piperazine rings is 1. The Morgan fingerprint density at radius 1 is 1.06 bits per heavy atom. The molecule has 194 valence electrons. The molecule has 2 saturated heterocycles. The number of hydrogen-bond acceptors (Lipinski definition) is 8. The van der Waals surface area contributed by atoms with Gasteiger partial charge < -0.3 is 29.5 Å². The van der Waals surface area contributed by atoms with Crippen molar-refractivity contribution in [1.82, 2.24) is 4.90 Å². The number of nitrogens with one attached hydrogen (secondary N) is 1. The topological polar surface area (TPSA) is 141 Å². The molecule has 2 aromatic carbocycles. The third-order valence-corrected chi connectivity index (χ3v) is 6.69. The van der Waals surface area contributed by atoms with Crippen LogP contribution >= 0.6 is 0 Å². The summed E-state index contributed by atoms with van der Waals surface area (Å²) in [4.78, 5) is 35.2. The lowest BCUT2D eigenvalue weighted by Gasteiger charge is -2.42. The van der Waals surface area contributed by atoms with Crippen molar-refractivity contribution in [2.75, 3.05) is 51.3 Å². The number of piperidine rings is 1. The van der Waals surface area contributed by atoms with Crippen LogP contribution in [-0.2, 0) is 16.1 Å². The van der Waals surface area contributed by atoms with Crippen molar-refractivity contribution in [3.05, 3.63) is 64.2 Å². The quantitative estimate of drug-likeness (QED) is 0.313. The molecule has 0 unspecified atom stereocenters. The van der Waals surface area contributed by atoms with Gasteiger partial charge in [-0.25, -0.2) is 4.79 Å². The molecular formula is C25H32N4O7. The number of carboxylic acids is 2. The number of aliphatic carboxylic acids is 2. The van der Waals surface area contributed by atoms with Crippen LogP contribution in [-0.4, -0.2) is 79.3 Å². The summed E-state index contributed by atoms with van der Waals surface area (Å²) in [5.74, 6) is -3.06. The number of nitro groups is 1. The van der Waals surface area contributed by atoms with Gasteiger partial charge in [0.15, 0.2) is 5.97 Å². The number of benzene rings is 2. The van der Waals surface area contributed by atoms with E-state index in [-0.39, 0.29) is 10.6 Å². The van der Waals surface area contributed by atoms with E-state index in [1.54, 1.807) is 24.1 Å². The zero-order valence-electron chi connectivity index (χ0n) is 20.3. The maximum absolute atomic E-state index is 10.8. The number of rotatable bonds is 6. The maximum Gasteiger partial charge on any atom is 0.351 e. The molecule has 0 radical (unpaired) electrons. The summed E-state index contributed by atoms with van der Waals surface area (Å²) in [6, 6.07) is 16.0. The molecule has 11 heteroatoms. The van der Waals surface area contributed by atoms with Crippen LogP contribution in [0.2, 0.25) is 0 Å². The van der Waals surface area contributed by atoms with Crippen LogP contribution in [0.5, 0.6) is 5.75 Å².